The molecule has 1 aromatic heterocycles. The molecule has 24 heavy (non-hydrogen) atoms. The molecule has 0 aliphatic carbocycles. The van der Waals surface area contributed by atoms with Gasteiger partial charge in [0.1, 0.15) is 0 Å². The van der Waals surface area contributed by atoms with Crippen LogP contribution in [0, 0.1) is 0 Å². The molecule has 2 aromatic rings. The van der Waals surface area contributed by atoms with Gasteiger partial charge in [0.2, 0.25) is 0 Å². The lowest BCUT2D eigenvalue weighted by Crippen LogP contribution is -2.19. The molecule has 0 fully saturated rings. The zero-order valence-corrected chi connectivity index (χ0v) is 15.7. The average molecular weight is 413 g/mol. The summed E-state index contributed by atoms with van der Waals surface area (Å²) in [6, 6.07) is 6.92. The summed E-state index contributed by atoms with van der Waals surface area (Å²) < 4.78 is 24.4. The molecule has 1 heterocycles. The molecule has 0 atom stereocenters. The van der Waals surface area contributed by atoms with Crippen LogP contribution < -0.4 is 4.80 Å². The molecule has 2 rings (SSSR count). The van der Waals surface area contributed by atoms with Crippen LogP contribution in [-0.2, 0) is 15.7 Å². The molecule has 132 valence electrons. The van der Waals surface area contributed by atoms with Crippen molar-refractivity contribution in [3.8, 4) is 11.3 Å². The Bertz CT molecular complexity index is 860. The SMILES string of the molecule is CCn1c(-c2ccc(Cl)cc2)csc1=NC(P(=O)(O)O)P(=O)(O)O. The molecule has 0 amide bonds. The molecular formula is C12H15ClN2O6P2S. The van der Waals surface area contributed by atoms with Gasteiger partial charge in [0.15, 0.2) is 4.80 Å². The molecule has 8 nitrogen and oxygen atoms in total. The monoisotopic (exact) mass is 412 g/mol. The van der Waals surface area contributed by atoms with E-state index in [0.29, 0.717) is 17.3 Å². The number of hydrogen-bond donors (Lipinski definition) is 4. The van der Waals surface area contributed by atoms with Crippen molar-refractivity contribution in [3.05, 3.63) is 39.5 Å². The molecule has 0 bridgehead atoms. The molecule has 0 radical (unpaired) electrons. The van der Waals surface area contributed by atoms with Crippen LogP contribution in [0.25, 0.3) is 11.3 Å². The summed E-state index contributed by atoms with van der Waals surface area (Å²) in [4.78, 5) is 40.6. The molecule has 0 saturated heterocycles. The van der Waals surface area contributed by atoms with E-state index in [1.165, 1.54) is 0 Å². The Labute approximate surface area is 146 Å². The van der Waals surface area contributed by atoms with E-state index in [1.807, 2.05) is 0 Å². The largest absolute Gasteiger partial charge is 0.362 e. The summed E-state index contributed by atoms with van der Waals surface area (Å²) in [6.45, 7) is 2.18. The van der Waals surface area contributed by atoms with Gasteiger partial charge in [0.05, 0.1) is 5.69 Å². The predicted molar refractivity (Wildman–Crippen MR) is 91.9 cm³/mol. The van der Waals surface area contributed by atoms with Gasteiger partial charge in [0, 0.05) is 16.9 Å². The molecule has 1 aromatic carbocycles. The van der Waals surface area contributed by atoms with Gasteiger partial charge in [-0.25, -0.2) is 4.99 Å². The van der Waals surface area contributed by atoms with Crippen molar-refractivity contribution >= 4 is 38.1 Å². The van der Waals surface area contributed by atoms with Gasteiger partial charge in [-0.2, -0.15) is 0 Å². The fraction of sp³-hybridized carbons (Fsp3) is 0.250. The number of nitrogens with zero attached hydrogens (tertiary/aromatic N) is 2. The molecule has 0 spiro atoms. The Morgan fingerprint density at radius 1 is 1.17 bits per heavy atom. The van der Waals surface area contributed by atoms with E-state index in [0.717, 1.165) is 16.9 Å². The molecule has 0 unspecified atom stereocenters. The highest BCUT2D eigenvalue weighted by molar-refractivity contribution is 7.70. The molecule has 0 aliphatic rings. The first-order chi connectivity index (χ1) is 11.0. The van der Waals surface area contributed by atoms with E-state index in [-0.39, 0.29) is 4.80 Å². The third kappa shape index (κ3) is 4.45. The number of thiazole rings is 1. The Balaban J connectivity index is 2.62. The third-order valence-electron chi connectivity index (χ3n) is 3.08. The lowest BCUT2D eigenvalue weighted by atomic mass is 10.2. The lowest BCUT2D eigenvalue weighted by Gasteiger charge is -2.15. The van der Waals surface area contributed by atoms with Crippen LogP contribution >= 0.6 is 38.1 Å². The van der Waals surface area contributed by atoms with Crippen molar-refractivity contribution in [2.24, 2.45) is 4.99 Å². The van der Waals surface area contributed by atoms with Gasteiger partial charge in [-0.3, -0.25) is 9.13 Å². The molecular weight excluding hydrogens is 398 g/mol. The van der Waals surface area contributed by atoms with E-state index in [9.17, 15) is 28.7 Å². The van der Waals surface area contributed by atoms with Gasteiger partial charge >= 0.3 is 15.2 Å². The molecule has 4 N–H and O–H groups in total. The Morgan fingerprint density at radius 2 is 1.71 bits per heavy atom. The van der Waals surface area contributed by atoms with Gasteiger partial charge < -0.3 is 24.1 Å². The minimum atomic E-state index is -5.12. The van der Waals surface area contributed by atoms with E-state index in [4.69, 9.17) is 11.6 Å². The van der Waals surface area contributed by atoms with Gasteiger partial charge in [-0.15, -0.1) is 11.3 Å². The van der Waals surface area contributed by atoms with Crippen LogP contribution in [0.3, 0.4) is 0 Å². The van der Waals surface area contributed by atoms with Gasteiger partial charge in [0.25, 0.3) is 5.52 Å². The normalized spacial score (nSPS) is 13.7. The van der Waals surface area contributed by atoms with E-state index >= 15 is 0 Å². The summed E-state index contributed by atoms with van der Waals surface area (Å²) in [7, 11) is -10.2. The van der Waals surface area contributed by atoms with E-state index in [2.05, 4.69) is 4.99 Å². The molecule has 0 saturated carbocycles. The topological polar surface area (TPSA) is 132 Å². The van der Waals surface area contributed by atoms with Crippen molar-refractivity contribution in [1.29, 1.82) is 0 Å². The second-order valence-electron chi connectivity index (χ2n) is 4.81. The van der Waals surface area contributed by atoms with Gasteiger partial charge in [-0.05, 0) is 24.6 Å². The Hall–Kier alpha value is -0.760. The van der Waals surface area contributed by atoms with Crippen molar-refractivity contribution in [1.82, 2.24) is 4.57 Å². The smallest absolute Gasteiger partial charge is 0.322 e. The highest BCUT2D eigenvalue weighted by Gasteiger charge is 2.43. The first-order valence-corrected chi connectivity index (χ1v) is 11.2. The maximum Gasteiger partial charge on any atom is 0.362 e. The van der Waals surface area contributed by atoms with Crippen LogP contribution in [0.4, 0.5) is 0 Å². The molecule has 0 aliphatic heterocycles. The summed E-state index contributed by atoms with van der Waals surface area (Å²) in [5.74, 6) is 0. The average Bonchev–Trinajstić information content (AvgIpc) is 2.86. The predicted octanol–water partition coefficient (Wildman–Crippen LogP) is 2.43. The number of aromatic nitrogens is 1. The first kappa shape index (κ1) is 19.6. The Kier molecular flexibility index (Phi) is 5.90. The quantitative estimate of drug-likeness (QED) is 0.557. The maximum absolute atomic E-state index is 11.4. The van der Waals surface area contributed by atoms with E-state index in [1.54, 1.807) is 41.1 Å². The standard InChI is InChI=1S/C12H15ClN2O6P2S/c1-2-15-10(8-3-5-9(13)6-4-8)7-24-11(15)14-12(22(16,17)18)23(19,20)21/h3-7,12H,2H2,1H3,(H2,16,17,18)(H2,19,20,21). The van der Waals surface area contributed by atoms with Crippen molar-refractivity contribution in [2.45, 2.75) is 19.0 Å². The number of benzene rings is 1. The fourth-order valence-electron chi connectivity index (χ4n) is 2.03. The highest BCUT2D eigenvalue weighted by Crippen LogP contribution is 2.60. The zero-order valence-electron chi connectivity index (χ0n) is 12.4. The van der Waals surface area contributed by atoms with Crippen LogP contribution in [0.15, 0.2) is 34.6 Å². The van der Waals surface area contributed by atoms with Crippen molar-refractivity contribution in [2.75, 3.05) is 0 Å². The number of hydrogen-bond acceptors (Lipinski definition) is 4. The Morgan fingerprint density at radius 3 is 2.17 bits per heavy atom. The first-order valence-electron chi connectivity index (χ1n) is 6.62. The minimum absolute atomic E-state index is 0.110. The minimum Gasteiger partial charge on any atom is -0.322 e. The van der Waals surface area contributed by atoms with Crippen LogP contribution in [0.1, 0.15) is 6.92 Å². The van der Waals surface area contributed by atoms with Crippen molar-refractivity contribution in [3.63, 3.8) is 0 Å². The van der Waals surface area contributed by atoms with Crippen LogP contribution in [-0.4, -0.2) is 29.7 Å². The summed E-state index contributed by atoms with van der Waals surface area (Å²) >= 11 is 6.89. The third-order valence-corrected chi connectivity index (χ3v) is 7.45. The zero-order chi connectivity index (χ0) is 18.1. The fourth-order valence-corrected chi connectivity index (χ4v) is 5.40. The number of rotatable bonds is 5. The number of halogens is 1. The van der Waals surface area contributed by atoms with Crippen LogP contribution in [0.2, 0.25) is 5.02 Å². The second kappa shape index (κ2) is 7.23. The maximum atomic E-state index is 11.4. The van der Waals surface area contributed by atoms with E-state index < -0.39 is 20.7 Å². The summed E-state index contributed by atoms with van der Waals surface area (Å²) in [5.41, 5.74) is -0.921. The van der Waals surface area contributed by atoms with Gasteiger partial charge in [-0.1, -0.05) is 23.7 Å². The summed E-state index contributed by atoms with van der Waals surface area (Å²) in [6.07, 6.45) is 0. The van der Waals surface area contributed by atoms with Crippen molar-refractivity contribution < 1.29 is 28.7 Å². The van der Waals surface area contributed by atoms with Crippen LogP contribution in [0.5, 0.6) is 0 Å². The molecule has 12 heteroatoms. The second-order valence-corrected chi connectivity index (χ2v) is 9.82. The summed E-state index contributed by atoms with van der Waals surface area (Å²) in [5, 5.41) is 2.26. The lowest BCUT2D eigenvalue weighted by molar-refractivity contribution is 0.339. The highest BCUT2D eigenvalue weighted by atomic mass is 35.5.